The molecule has 43 heavy (non-hydrogen) atoms. The Bertz CT molecular complexity index is 1680. The van der Waals surface area contributed by atoms with Crippen LogP contribution in [0.5, 0.6) is 0 Å². The smallest absolute Gasteiger partial charge is 0.397 e. The van der Waals surface area contributed by atoms with Crippen molar-refractivity contribution in [2.75, 3.05) is 5.73 Å². The van der Waals surface area contributed by atoms with E-state index in [0.29, 0.717) is 24.2 Å². The molecule has 3 heterocycles. The highest BCUT2D eigenvalue weighted by atomic mass is 19.4. The zero-order chi connectivity index (χ0) is 32.2. The molecule has 18 heteroatoms. The fourth-order valence-corrected chi connectivity index (χ4v) is 3.76. The Labute approximate surface area is 234 Å². The van der Waals surface area contributed by atoms with Gasteiger partial charge in [0.2, 0.25) is 0 Å². The zero-order valence-electron chi connectivity index (χ0n) is 21.5. The first-order valence-electron chi connectivity index (χ1n) is 12.1. The molecule has 0 atom stereocenters. The maximum Gasteiger partial charge on any atom is 0.423 e. The van der Waals surface area contributed by atoms with Gasteiger partial charge in [-0.05, 0) is 36.4 Å². The molecule has 0 amide bonds. The SMILES string of the molecule is Nc1cn[nH]c(=O)c1C(F)(F)F.O=c1c2cc(F)c(-c3ncc(C(F)(F)F)cn3)cc2ccn1CCCCCC(F)(F)F. The van der Waals surface area contributed by atoms with Crippen molar-refractivity contribution in [2.24, 2.45) is 0 Å². The first-order valence-corrected chi connectivity index (χ1v) is 12.1. The van der Waals surface area contributed by atoms with Gasteiger partial charge in [-0.1, -0.05) is 6.42 Å². The summed E-state index contributed by atoms with van der Waals surface area (Å²) < 4.78 is 126. The molecule has 3 aromatic heterocycles. The van der Waals surface area contributed by atoms with Gasteiger partial charge >= 0.3 is 18.5 Å². The number of H-pyrrole nitrogens is 1. The summed E-state index contributed by atoms with van der Waals surface area (Å²) in [7, 11) is 0. The van der Waals surface area contributed by atoms with E-state index in [1.807, 2.05) is 0 Å². The fourth-order valence-electron chi connectivity index (χ4n) is 3.76. The lowest BCUT2D eigenvalue weighted by Gasteiger charge is -2.10. The number of fused-ring (bicyclic) bond motifs is 1. The van der Waals surface area contributed by atoms with E-state index in [0.717, 1.165) is 12.3 Å². The van der Waals surface area contributed by atoms with Crippen LogP contribution >= 0.6 is 0 Å². The van der Waals surface area contributed by atoms with E-state index < -0.39 is 58.7 Å². The molecule has 232 valence electrons. The van der Waals surface area contributed by atoms with Crippen LogP contribution in [0.3, 0.4) is 0 Å². The van der Waals surface area contributed by atoms with Crippen LogP contribution in [0.25, 0.3) is 22.2 Å². The van der Waals surface area contributed by atoms with Gasteiger partial charge in [-0.25, -0.2) is 19.5 Å². The lowest BCUT2D eigenvalue weighted by Crippen LogP contribution is -2.24. The second kappa shape index (κ2) is 12.8. The van der Waals surface area contributed by atoms with Crippen molar-refractivity contribution in [2.45, 2.75) is 50.8 Å². The van der Waals surface area contributed by atoms with E-state index in [4.69, 9.17) is 5.73 Å². The first-order chi connectivity index (χ1) is 19.9. The Balaban J connectivity index is 0.000000353. The number of pyridine rings is 1. The number of hydrogen-bond acceptors (Lipinski definition) is 6. The number of aryl methyl sites for hydroxylation is 1. The summed E-state index contributed by atoms with van der Waals surface area (Å²) in [6.45, 7) is 0.179. The van der Waals surface area contributed by atoms with Crippen LogP contribution in [-0.2, 0) is 18.9 Å². The van der Waals surface area contributed by atoms with Gasteiger partial charge in [0.1, 0.15) is 11.4 Å². The van der Waals surface area contributed by atoms with E-state index in [-0.39, 0.29) is 36.2 Å². The maximum atomic E-state index is 14.6. The molecule has 0 fully saturated rings. The van der Waals surface area contributed by atoms with Gasteiger partial charge in [0.25, 0.3) is 11.1 Å². The summed E-state index contributed by atoms with van der Waals surface area (Å²) in [5, 5.41) is 5.10. The van der Waals surface area contributed by atoms with Gasteiger partial charge in [-0.15, -0.1) is 0 Å². The third kappa shape index (κ3) is 8.74. The lowest BCUT2D eigenvalue weighted by molar-refractivity contribution is -0.138. The van der Waals surface area contributed by atoms with Crippen molar-refractivity contribution in [3.8, 4) is 11.4 Å². The number of alkyl halides is 9. The van der Waals surface area contributed by atoms with Gasteiger partial charge in [0.05, 0.1) is 28.4 Å². The fraction of sp³-hybridized carbons (Fsp3) is 0.320. The molecule has 3 N–H and O–H groups in total. The summed E-state index contributed by atoms with van der Waals surface area (Å²) in [5.74, 6) is -1.14. The second-order valence-corrected chi connectivity index (χ2v) is 8.98. The molecular weight excluding hydrogens is 606 g/mol. The predicted octanol–water partition coefficient (Wildman–Crippen LogP) is 6.11. The van der Waals surface area contributed by atoms with E-state index in [1.54, 1.807) is 5.10 Å². The number of aromatic amines is 1. The minimum Gasteiger partial charge on any atom is -0.397 e. The van der Waals surface area contributed by atoms with Crippen LogP contribution in [0.1, 0.15) is 36.8 Å². The van der Waals surface area contributed by atoms with Crippen molar-refractivity contribution < 1.29 is 43.9 Å². The average Bonchev–Trinajstić information content (AvgIpc) is 2.88. The number of hydrogen-bond donors (Lipinski definition) is 2. The molecule has 0 aliphatic rings. The van der Waals surface area contributed by atoms with E-state index in [1.165, 1.54) is 22.9 Å². The highest BCUT2D eigenvalue weighted by Crippen LogP contribution is 2.31. The molecule has 8 nitrogen and oxygen atoms in total. The molecule has 0 unspecified atom stereocenters. The van der Waals surface area contributed by atoms with E-state index in [9.17, 15) is 53.5 Å². The largest absolute Gasteiger partial charge is 0.423 e. The van der Waals surface area contributed by atoms with Crippen molar-refractivity contribution in [1.82, 2.24) is 24.7 Å². The number of nitrogens with zero attached hydrogens (tertiary/aromatic N) is 4. The van der Waals surface area contributed by atoms with Gasteiger partial charge in [0.15, 0.2) is 5.82 Å². The van der Waals surface area contributed by atoms with Crippen molar-refractivity contribution in [3.63, 3.8) is 0 Å². The Morgan fingerprint density at radius 1 is 0.860 bits per heavy atom. The minimum absolute atomic E-state index is 0.0333. The molecule has 1 aromatic carbocycles. The molecule has 0 saturated heterocycles. The number of nitrogens with two attached hydrogens (primary N) is 1. The van der Waals surface area contributed by atoms with Crippen LogP contribution in [0, 0.1) is 5.82 Å². The lowest BCUT2D eigenvalue weighted by atomic mass is 10.1. The van der Waals surface area contributed by atoms with Crippen molar-refractivity contribution >= 4 is 16.5 Å². The monoisotopic (exact) mass is 626 g/mol. The molecule has 0 saturated carbocycles. The molecule has 0 aliphatic heterocycles. The number of nitrogen functional groups attached to an aromatic ring is 1. The second-order valence-electron chi connectivity index (χ2n) is 8.98. The van der Waals surface area contributed by atoms with E-state index in [2.05, 4.69) is 15.1 Å². The van der Waals surface area contributed by atoms with Gasteiger partial charge in [-0.2, -0.15) is 44.6 Å². The first kappa shape index (κ1) is 33.0. The number of nitrogens with one attached hydrogen (secondary N) is 1. The van der Waals surface area contributed by atoms with E-state index >= 15 is 0 Å². The number of rotatable bonds is 6. The summed E-state index contributed by atoms with van der Waals surface area (Å²) in [6.07, 6.45) is -10.6. The Kier molecular flexibility index (Phi) is 9.81. The molecular formula is C25H20F10N6O2. The Morgan fingerprint density at radius 2 is 1.51 bits per heavy atom. The zero-order valence-corrected chi connectivity index (χ0v) is 21.5. The van der Waals surface area contributed by atoms with Gasteiger partial charge in [-0.3, -0.25) is 9.59 Å². The molecule has 0 radical (unpaired) electrons. The topological polar surface area (TPSA) is 120 Å². The van der Waals surface area contributed by atoms with Crippen molar-refractivity contribution in [3.05, 3.63) is 80.6 Å². The van der Waals surface area contributed by atoms with Crippen LogP contribution < -0.4 is 16.9 Å². The number of aromatic nitrogens is 5. The Hall–Kier alpha value is -4.51. The standard InChI is InChI=1S/C20H16F7N3O.C5H4F3N3O/c21-16-9-14-12(8-15(16)17-28-10-13(11-29-17)20(25,26)27)4-7-30(18(14)31)6-3-1-2-5-19(22,23)24;6-5(7,8)3-2(9)1-10-11-4(3)12/h4,7-11H,1-3,5-6H2;1H,(H3,9,11,12). The molecule has 0 aliphatic carbocycles. The quantitative estimate of drug-likeness (QED) is 0.197. The van der Waals surface area contributed by atoms with Crippen LogP contribution in [-0.4, -0.2) is 30.9 Å². The maximum absolute atomic E-state index is 14.6. The molecule has 4 rings (SSSR count). The number of unbranched alkanes of at least 4 members (excludes halogenated alkanes) is 2. The number of halogens is 10. The molecule has 4 aromatic rings. The van der Waals surface area contributed by atoms with Gasteiger partial charge in [0, 0.05) is 31.6 Å². The minimum atomic E-state index is -4.74. The third-order valence-electron chi connectivity index (χ3n) is 5.81. The molecule has 0 bridgehead atoms. The number of anilines is 1. The number of benzene rings is 1. The summed E-state index contributed by atoms with van der Waals surface area (Å²) in [6, 6.07) is 3.73. The predicted molar refractivity (Wildman–Crippen MR) is 133 cm³/mol. The highest BCUT2D eigenvalue weighted by Gasteiger charge is 2.36. The van der Waals surface area contributed by atoms with Crippen molar-refractivity contribution in [1.29, 1.82) is 0 Å². The highest BCUT2D eigenvalue weighted by molar-refractivity contribution is 5.85. The van der Waals surface area contributed by atoms with Crippen LogP contribution in [0.4, 0.5) is 49.6 Å². The third-order valence-corrected chi connectivity index (χ3v) is 5.81. The summed E-state index contributed by atoms with van der Waals surface area (Å²) in [5.41, 5.74) is -0.262. The summed E-state index contributed by atoms with van der Waals surface area (Å²) >= 11 is 0. The van der Waals surface area contributed by atoms with Gasteiger partial charge < -0.3 is 10.3 Å². The van der Waals surface area contributed by atoms with Crippen LogP contribution in [0.15, 0.2) is 52.6 Å². The average molecular weight is 626 g/mol. The molecule has 0 spiro atoms. The Morgan fingerprint density at radius 3 is 2.05 bits per heavy atom. The summed E-state index contributed by atoms with van der Waals surface area (Å²) in [4.78, 5) is 30.3. The normalized spacial score (nSPS) is 12.2. The van der Waals surface area contributed by atoms with Crippen LogP contribution in [0.2, 0.25) is 0 Å².